The highest BCUT2D eigenvalue weighted by Crippen LogP contribution is 2.31. The average molecular weight is 439 g/mol. The zero-order chi connectivity index (χ0) is 23.3. The number of phenols is 2. The van der Waals surface area contributed by atoms with Crippen LogP contribution in [-0.4, -0.2) is 38.8 Å². The van der Waals surface area contributed by atoms with Gasteiger partial charge in [0, 0.05) is 5.69 Å². The average Bonchev–Trinajstić information content (AvgIpc) is 2.78. The van der Waals surface area contributed by atoms with Crippen LogP contribution in [-0.2, 0) is 9.59 Å². The summed E-state index contributed by atoms with van der Waals surface area (Å²) in [5.41, 5.74) is 3.76. The fourth-order valence-corrected chi connectivity index (χ4v) is 3.76. The third kappa shape index (κ3) is 5.42. The van der Waals surface area contributed by atoms with E-state index >= 15 is 0 Å². The van der Waals surface area contributed by atoms with E-state index in [2.05, 4.69) is 15.8 Å². The Balaban J connectivity index is 1.69. The molecule has 1 fully saturated rings. The molecule has 2 aromatic rings. The van der Waals surface area contributed by atoms with Crippen LogP contribution in [0.1, 0.15) is 48.5 Å². The number of carbonyl (C=O) groups excluding carboxylic acids is 2. The minimum absolute atomic E-state index is 0.122. The number of carboxylic acids is 1. The third-order valence-electron chi connectivity index (χ3n) is 5.52. The summed E-state index contributed by atoms with van der Waals surface area (Å²) in [7, 11) is 0. The summed E-state index contributed by atoms with van der Waals surface area (Å²) >= 11 is 0. The second-order valence-corrected chi connectivity index (χ2v) is 7.75. The van der Waals surface area contributed by atoms with Crippen LogP contribution in [0.4, 0.5) is 5.69 Å². The van der Waals surface area contributed by atoms with Gasteiger partial charge in [0.05, 0.1) is 23.1 Å². The van der Waals surface area contributed by atoms with Gasteiger partial charge in [-0.1, -0.05) is 25.0 Å². The van der Waals surface area contributed by atoms with Crippen molar-refractivity contribution < 1.29 is 29.7 Å². The van der Waals surface area contributed by atoms with Crippen LogP contribution in [0.5, 0.6) is 11.5 Å². The molecule has 0 bridgehead atoms. The predicted molar refractivity (Wildman–Crippen MR) is 118 cm³/mol. The molecule has 3 rings (SSSR count). The smallest absolute Gasteiger partial charge is 0.307 e. The number of carbonyl (C=O) groups is 3. The molecule has 0 spiro atoms. The van der Waals surface area contributed by atoms with Gasteiger partial charge >= 0.3 is 5.97 Å². The van der Waals surface area contributed by atoms with Crippen molar-refractivity contribution in [2.24, 2.45) is 16.9 Å². The number of rotatable bonds is 6. The largest absolute Gasteiger partial charge is 0.508 e. The molecule has 9 heteroatoms. The summed E-state index contributed by atoms with van der Waals surface area (Å²) in [6.07, 6.45) is 2.66. The standard InChI is InChI=1S/C23H25N3O6/c1-13(25-26-22(30)19-12-16(27)9-10-20(19)28)14-5-4-6-15(11-14)24-21(29)17-7-2-3-8-18(17)23(31)32/h4-6,9-12,17-18,27-28H,2-3,7-8H2,1H3,(H,24,29)(H,26,30)(H,31,32). The van der Waals surface area contributed by atoms with Gasteiger partial charge in [0.25, 0.3) is 5.91 Å². The first-order valence-electron chi connectivity index (χ1n) is 10.3. The molecule has 5 N–H and O–H groups in total. The number of amides is 2. The molecule has 2 aromatic carbocycles. The lowest BCUT2D eigenvalue weighted by Crippen LogP contribution is -2.36. The fourth-order valence-electron chi connectivity index (χ4n) is 3.76. The molecule has 9 nitrogen and oxygen atoms in total. The minimum atomic E-state index is -0.949. The Hall–Kier alpha value is -3.88. The molecule has 0 saturated heterocycles. The first kappa shape index (κ1) is 22.8. The van der Waals surface area contributed by atoms with Gasteiger partial charge in [-0.3, -0.25) is 14.4 Å². The van der Waals surface area contributed by atoms with E-state index in [1.165, 1.54) is 12.1 Å². The van der Waals surface area contributed by atoms with E-state index in [0.717, 1.165) is 18.9 Å². The maximum Gasteiger partial charge on any atom is 0.307 e. The number of carboxylic acid groups (broad SMARTS) is 1. The van der Waals surface area contributed by atoms with Crippen LogP contribution < -0.4 is 10.7 Å². The van der Waals surface area contributed by atoms with Crippen molar-refractivity contribution in [3.8, 4) is 11.5 Å². The first-order chi connectivity index (χ1) is 15.3. The number of aromatic hydroxyl groups is 2. The monoisotopic (exact) mass is 439 g/mol. The van der Waals surface area contributed by atoms with Crippen molar-refractivity contribution in [3.05, 3.63) is 53.6 Å². The number of hydrogen-bond acceptors (Lipinski definition) is 6. The van der Waals surface area contributed by atoms with Crippen LogP contribution in [0.2, 0.25) is 0 Å². The number of hydrogen-bond donors (Lipinski definition) is 5. The van der Waals surface area contributed by atoms with Gasteiger partial charge in [-0.05, 0) is 55.7 Å². The molecule has 2 unspecified atom stereocenters. The second kappa shape index (κ2) is 9.95. The molecular formula is C23H25N3O6. The number of nitrogens with zero attached hydrogens (tertiary/aromatic N) is 1. The highest BCUT2D eigenvalue weighted by molar-refractivity contribution is 6.03. The van der Waals surface area contributed by atoms with Crippen LogP contribution in [0.15, 0.2) is 47.6 Å². The Morgan fingerprint density at radius 3 is 2.44 bits per heavy atom. The lowest BCUT2D eigenvalue weighted by molar-refractivity contribution is -0.147. The van der Waals surface area contributed by atoms with E-state index < -0.39 is 23.7 Å². The normalized spacial score (nSPS) is 18.6. The van der Waals surface area contributed by atoms with Gasteiger partial charge in [-0.2, -0.15) is 5.10 Å². The maximum atomic E-state index is 12.7. The topological polar surface area (TPSA) is 148 Å². The third-order valence-corrected chi connectivity index (χ3v) is 5.52. The summed E-state index contributed by atoms with van der Waals surface area (Å²) in [4.78, 5) is 36.4. The highest BCUT2D eigenvalue weighted by Gasteiger charge is 2.35. The molecule has 0 heterocycles. The van der Waals surface area contributed by atoms with Crippen molar-refractivity contribution >= 4 is 29.2 Å². The zero-order valence-electron chi connectivity index (χ0n) is 17.5. The number of anilines is 1. The lowest BCUT2D eigenvalue weighted by atomic mass is 9.78. The van der Waals surface area contributed by atoms with E-state index in [-0.39, 0.29) is 23.0 Å². The number of phenolic OH excluding ortho intramolecular Hbond substituents is 2. The molecule has 0 radical (unpaired) electrons. The number of aliphatic carboxylic acids is 1. The summed E-state index contributed by atoms with van der Waals surface area (Å²) in [5.74, 6) is -3.68. The molecule has 0 aromatic heterocycles. The maximum absolute atomic E-state index is 12.7. The first-order valence-corrected chi connectivity index (χ1v) is 10.3. The SMILES string of the molecule is CC(=NNC(=O)c1cc(O)ccc1O)c1cccc(NC(=O)C2CCCCC2C(=O)O)c1. The minimum Gasteiger partial charge on any atom is -0.508 e. The van der Waals surface area contributed by atoms with E-state index in [0.29, 0.717) is 29.8 Å². The molecule has 168 valence electrons. The molecule has 0 aliphatic heterocycles. The summed E-state index contributed by atoms with van der Waals surface area (Å²) in [6, 6.07) is 10.4. The Kier molecular flexibility index (Phi) is 7.09. The predicted octanol–water partition coefficient (Wildman–Crippen LogP) is 3.08. The van der Waals surface area contributed by atoms with Gasteiger partial charge in [-0.25, -0.2) is 5.43 Å². The van der Waals surface area contributed by atoms with Gasteiger partial charge in [-0.15, -0.1) is 0 Å². The van der Waals surface area contributed by atoms with Gasteiger partial charge in [0.2, 0.25) is 5.91 Å². The molecule has 1 aliphatic rings. The zero-order valence-corrected chi connectivity index (χ0v) is 17.5. The van der Waals surface area contributed by atoms with Gasteiger partial charge < -0.3 is 20.6 Å². The molecule has 1 aliphatic carbocycles. The van der Waals surface area contributed by atoms with Crippen LogP contribution in [0.25, 0.3) is 0 Å². The molecule has 2 atom stereocenters. The summed E-state index contributed by atoms with van der Waals surface area (Å²) in [5, 5.41) is 35.5. The van der Waals surface area contributed by atoms with E-state index in [1.54, 1.807) is 31.2 Å². The Labute approximate surface area is 184 Å². The van der Waals surface area contributed by atoms with E-state index in [1.807, 2.05) is 0 Å². The molecule has 32 heavy (non-hydrogen) atoms. The van der Waals surface area contributed by atoms with Crippen molar-refractivity contribution in [2.75, 3.05) is 5.32 Å². The van der Waals surface area contributed by atoms with Crippen molar-refractivity contribution in [2.45, 2.75) is 32.6 Å². The number of nitrogens with one attached hydrogen (secondary N) is 2. The Morgan fingerprint density at radius 1 is 1.00 bits per heavy atom. The number of hydrazone groups is 1. The van der Waals surface area contributed by atoms with Gasteiger partial charge in [0.1, 0.15) is 11.5 Å². The number of benzene rings is 2. The van der Waals surface area contributed by atoms with Crippen LogP contribution >= 0.6 is 0 Å². The second-order valence-electron chi connectivity index (χ2n) is 7.75. The van der Waals surface area contributed by atoms with E-state index in [4.69, 9.17) is 0 Å². The Bertz CT molecular complexity index is 1070. The molecular weight excluding hydrogens is 414 g/mol. The van der Waals surface area contributed by atoms with Crippen molar-refractivity contribution in [3.63, 3.8) is 0 Å². The molecule has 1 saturated carbocycles. The Morgan fingerprint density at radius 2 is 1.72 bits per heavy atom. The van der Waals surface area contributed by atoms with Crippen molar-refractivity contribution in [1.82, 2.24) is 5.43 Å². The fraction of sp³-hybridized carbons (Fsp3) is 0.304. The quantitative estimate of drug-likeness (QED) is 0.265. The van der Waals surface area contributed by atoms with Crippen LogP contribution in [0.3, 0.4) is 0 Å². The summed E-state index contributed by atoms with van der Waals surface area (Å²) < 4.78 is 0. The van der Waals surface area contributed by atoms with Crippen LogP contribution in [0, 0.1) is 11.8 Å². The molecule has 2 amide bonds. The summed E-state index contributed by atoms with van der Waals surface area (Å²) in [6.45, 7) is 1.66. The lowest BCUT2D eigenvalue weighted by Gasteiger charge is -2.27. The van der Waals surface area contributed by atoms with Crippen molar-refractivity contribution in [1.29, 1.82) is 0 Å². The van der Waals surface area contributed by atoms with E-state index in [9.17, 15) is 29.7 Å². The highest BCUT2D eigenvalue weighted by atomic mass is 16.4. The van der Waals surface area contributed by atoms with Gasteiger partial charge in [0.15, 0.2) is 0 Å².